The molecule has 0 heterocycles. The summed E-state index contributed by atoms with van der Waals surface area (Å²) in [5.41, 5.74) is 10.1. The Kier molecular flexibility index (Phi) is 7.98. The smallest absolute Gasteiger partial charge is 0.427 e. The van der Waals surface area contributed by atoms with E-state index in [-0.39, 0.29) is 6.04 Å². The maximum atomic E-state index is 8.87. The fourth-order valence-electron chi connectivity index (χ4n) is 4.19. The summed E-state index contributed by atoms with van der Waals surface area (Å²) in [5, 5.41) is 18.5. The number of rotatable bonds is 10. The minimum Gasteiger partial charge on any atom is -0.427 e. The molecule has 0 saturated heterocycles. The Hall–Kier alpha value is -1.33. The van der Waals surface area contributed by atoms with Gasteiger partial charge in [0.15, 0.2) is 0 Å². The lowest BCUT2D eigenvalue weighted by Crippen LogP contribution is -2.39. The highest BCUT2D eigenvalue weighted by Crippen LogP contribution is 2.39. The van der Waals surface area contributed by atoms with Gasteiger partial charge in [0.25, 0.3) is 0 Å². The Morgan fingerprint density at radius 3 is 2.18 bits per heavy atom. The Bertz CT molecular complexity index is 714. The van der Waals surface area contributed by atoms with Crippen molar-refractivity contribution in [1.82, 2.24) is 0 Å². The van der Waals surface area contributed by atoms with Crippen LogP contribution in [0.5, 0.6) is 0 Å². The molecule has 2 aromatic rings. The molecule has 1 saturated carbocycles. The minimum atomic E-state index is -1.18. The number of halogens is 1. The third kappa shape index (κ3) is 6.35. The van der Waals surface area contributed by atoms with Gasteiger partial charge in [0, 0.05) is 11.1 Å². The van der Waals surface area contributed by atoms with Crippen LogP contribution in [0.15, 0.2) is 48.5 Å². The average Bonchev–Trinajstić information content (AvgIpc) is 2.65. The molecular weight excluding hydrogens is 369 g/mol. The largest absolute Gasteiger partial charge is 0.451 e. The lowest BCUT2D eigenvalue weighted by Gasteiger charge is -2.39. The summed E-state index contributed by atoms with van der Waals surface area (Å²) in [4.78, 5) is 0. The Morgan fingerprint density at radius 1 is 0.964 bits per heavy atom. The summed E-state index contributed by atoms with van der Waals surface area (Å²) >= 11 is 5.96. The second-order valence-electron chi connectivity index (χ2n) is 8.27. The van der Waals surface area contributed by atoms with E-state index in [4.69, 9.17) is 27.4 Å². The molecule has 0 bridgehead atoms. The second-order valence-corrected chi connectivity index (χ2v) is 8.71. The first-order valence-corrected chi connectivity index (χ1v) is 10.9. The molecule has 0 aromatic heterocycles. The van der Waals surface area contributed by atoms with Gasteiger partial charge in [-0.2, -0.15) is 0 Å². The van der Waals surface area contributed by atoms with Crippen molar-refractivity contribution < 1.29 is 10.0 Å². The van der Waals surface area contributed by atoms with Crippen molar-refractivity contribution in [2.24, 2.45) is 17.6 Å². The van der Waals surface area contributed by atoms with E-state index in [9.17, 15) is 0 Å². The molecule has 150 valence electrons. The van der Waals surface area contributed by atoms with Gasteiger partial charge in [-0.25, -0.2) is 0 Å². The van der Waals surface area contributed by atoms with Crippen molar-refractivity contribution in [3.05, 3.63) is 59.1 Å². The molecule has 1 fully saturated rings. The van der Waals surface area contributed by atoms with Gasteiger partial charge >= 0.3 is 7.12 Å². The molecule has 3 rings (SSSR count). The van der Waals surface area contributed by atoms with Crippen LogP contribution in [0.3, 0.4) is 0 Å². The summed E-state index contributed by atoms with van der Waals surface area (Å²) in [6.45, 7) is 0. The summed E-state index contributed by atoms with van der Waals surface area (Å²) in [6.07, 6.45) is 8.13. The molecule has 2 aromatic carbocycles. The molecule has 5 heteroatoms. The van der Waals surface area contributed by atoms with Gasteiger partial charge in [-0.15, -0.1) is 0 Å². The predicted molar refractivity (Wildman–Crippen MR) is 118 cm³/mol. The van der Waals surface area contributed by atoms with Crippen molar-refractivity contribution >= 4 is 18.7 Å². The van der Waals surface area contributed by atoms with Crippen LogP contribution in [-0.2, 0) is 6.42 Å². The molecule has 28 heavy (non-hydrogen) atoms. The highest BCUT2D eigenvalue weighted by atomic mass is 35.5. The standard InChI is InChI=1S/C23H31BClNO2/c25-22-12-10-20(11-13-22)19-8-6-17(7-9-19)4-5-18-15-21(16-18)23(26)3-1-2-14-24(27)28/h6-13,18,21,23,27-28H,1-5,14-16,26H2. The van der Waals surface area contributed by atoms with Crippen molar-refractivity contribution in [2.45, 2.75) is 57.3 Å². The number of hydrogen-bond acceptors (Lipinski definition) is 3. The second kappa shape index (κ2) is 10.5. The SMILES string of the molecule is NC(CCCCB(O)O)C1CC(CCc2ccc(-c3ccc(Cl)cc3)cc2)C1. The third-order valence-corrected chi connectivity index (χ3v) is 6.35. The van der Waals surface area contributed by atoms with Crippen LogP contribution in [0.25, 0.3) is 11.1 Å². The molecule has 0 amide bonds. The zero-order valence-electron chi connectivity index (χ0n) is 16.4. The summed E-state index contributed by atoms with van der Waals surface area (Å²) in [5.74, 6) is 1.45. The van der Waals surface area contributed by atoms with E-state index < -0.39 is 7.12 Å². The monoisotopic (exact) mass is 399 g/mol. The molecule has 4 N–H and O–H groups in total. The number of aryl methyl sites for hydroxylation is 1. The summed E-state index contributed by atoms with van der Waals surface area (Å²) in [7, 11) is -1.18. The molecule has 1 aliphatic carbocycles. The van der Waals surface area contributed by atoms with E-state index in [1.165, 1.54) is 36.0 Å². The van der Waals surface area contributed by atoms with E-state index in [0.717, 1.165) is 36.6 Å². The maximum Gasteiger partial charge on any atom is 0.451 e. The van der Waals surface area contributed by atoms with E-state index in [1.54, 1.807) is 0 Å². The van der Waals surface area contributed by atoms with Crippen LogP contribution >= 0.6 is 11.6 Å². The van der Waals surface area contributed by atoms with E-state index >= 15 is 0 Å². The van der Waals surface area contributed by atoms with Gasteiger partial charge in [-0.3, -0.25) is 0 Å². The fourth-order valence-corrected chi connectivity index (χ4v) is 4.32. The Labute approximate surface area is 174 Å². The van der Waals surface area contributed by atoms with Gasteiger partial charge in [0.2, 0.25) is 0 Å². The lowest BCUT2D eigenvalue weighted by molar-refractivity contribution is 0.147. The van der Waals surface area contributed by atoms with Crippen molar-refractivity contribution in [3.63, 3.8) is 0 Å². The van der Waals surface area contributed by atoms with Crippen molar-refractivity contribution in [3.8, 4) is 11.1 Å². The van der Waals surface area contributed by atoms with E-state index in [0.29, 0.717) is 12.2 Å². The van der Waals surface area contributed by atoms with Crippen LogP contribution in [0.4, 0.5) is 0 Å². The quantitative estimate of drug-likeness (QED) is 0.392. The predicted octanol–water partition coefficient (Wildman–Crippen LogP) is 4.94. The highest BCUT2D eigenvalue weighted by molar-refractivity contribution is 6.40. The van der Waals surface area contributed by atoms with Crippen LogP contribution in [0, 0.1) is 11.8 Å². The minimum absolute atomic E-state index is 0.269. The molecule has 1 aliphatic rings. The van der Waals surface area contributed by atoms with Gasteiger partial charge in [-0.1, -0.05) is 60.8 Å². The van der Waals surface area contributed by atoms with E-state index in [2.05, 4.69) is 36.4 Å². The molecule has 1 unspecified atom stereocenters. The molecule has 0 aliphatic heterocycles. The summed E-state index contributed by atoms with van der Waals surface area (Å²) < 4.78 is 0. The first-order chi connectivity index (χ1) is 13.5. The molecule has 1 atom stereocenters. The van der Waals surface area contributed by atoms with Gasteiger partial charge in [0.05, 0.1) is 0 Å². The fraction of sp³-hybridized carbons (Fsp3) is 0.478. The first kappa shape index (κ1) is 21.4. The molecule has 0 spiro atoms. The highest BCUT2D eigenvalue weighted by Gasteiger charge is 2.32. The van der Waals surface area contributed by atoms with Crippen molar-refractivity contribution in [2.75, 3.05) is 0 Å². The first-order valence-electron chi connectivity index (χ1n) is 10.5. The van der Waals surface area contributed by atoms with E-state index in [1.807, 2.05) is 12.1 Å². The third-order valence-electron chi connectivity index (χ3n) is 6.10. The average molecular weight is 400 g/mol. The van der Waals surface area contributed by atoms with Gasteiger partial charge in [-0.05, 0) is 79.1 Å². The maximum absolute atomic E-state index is 8.87. The summed E-state index contributed by atoms with van der Waals surface area (Å²) in [6, 6.07) is 17.1. The van der Waals surface area contributed by atoms with Gasteiger partial charge in [0.1, 0.15) is 0 Å². The van der Waals surface area contributed by atoms with Crippen molar-refractivity contribution in [1.29, 1.82) is 0 Å². The Morgan fingerprint density at radius 2 is 1.57 bits per heavy atom. The zero-order chi connectivity index (χ0) is 19.9. The van der Waals surface area contributed by atoms with Crippen LogP contribution in [0.2, 0.25) is 11.3 Å². The number of unbranched alkanes of at least 4 members (excludes halogenated alkanes) is 1. The topological polar surface area (TPSA) is 66.5 Å². The number of benzene rings is 2. The van der Waals surface area contributed by atoms with Crippen LogP contribution < -0.4 is 5.73 Å². The van der Waals surface area contributed by atoms with Crippen LogP contribution in [-0.4, -0.2) is 23.2 Å². The number of hydrogen-bond donors (Lipinski definition) is 3. The molecular formula is C23H31BClNO2. The van der Waals surface area contributed by atoms with Crippen LogP contribution in [0.1, 0.15) is 44.1 Å². The molecule has 3 nitrogen and oxygen atoms in total. The normalized spacial score (nSPS) is 19.9. The zero-order valence-corrected chi connectivity index (χ0v) is 17.2. The lowest BCUT2D eigenvalue weighted by atomic mass is 9.68. The van der Waals surface area contributed by atoms with Gasteiger partial charge < -0.3 is 15.8 Å². The molecule has 0 radical (unpaired) electrons. The number of nitrogens with two attached hydrogens (primary N) is 1. The Balaban J connectivity index is 1.35.